The second kappa shape index (κ2) is 40.4. The van der Waals surface area contributed by atoms with Gasteiger partial charge in [-0.3, -0.25) is 13.8 Å². The highest BCUT2D eigenvalue weighted by atomic mass is 31.2. The van der Waals surface area contributed by atoms with Gasteiger partial charge in [-0.1, -0.05) is 167 Å². The second-order valence-electron chi connectivity index (χ2n) is 14.8. The van der Waals surface area contributed by atoms with Gasteiger partial charge >= 0.3 is 13.8 Å². The molecule has 0 saturated carbocycles. The lowest BCUT2D eigenvalue weighted by Gasteiger charge is -2.20. The zero-order valence-corrected chi connectivity index (χ0v) is 35.1. The highest BCUT2D eigenvalue weighted by Gasteiger charge is 2.26. The van der Waals surface area contributed by atoms with E-state index in [2.05, 4.69) is 26.0 Å². The minimum Gasteiger partial charge on any atom is -0.498 e. The Hall–Kier alpha value is -1.22. The summed E-state index contributed by atoms with van der Waals surface area (Å²) >= 11 is 0. The summed E-state index contributed by atoms with van der Waals surface area (Å²) in [6.45, 7) is 2.88. The van der Waals surface area contributed by atoms with Crippen LogP contribution in [0.5, 0.6) is 0 Å². The Morgan fingerprint density at radius 3 is 1.42 bits per heavy atom. The molecule has 0 aromatic rings. The molecule has 0 aliphatic rings. The van der Waals surface area contributed by atoms with Gasteiger partial charge in [-0.25, -0.2) is 4.57 Å². The highest BCUT2D eigenvalue weighted by Crippen LogP contribution is 2.43. The molecule has 0 aliphatic carbocycles. The maximum atomic E-state index is 12.6. The Bertz CT molecular complexity index is 882. The van der Waals surface area contributed by atoms with Crippen molar-refractivity contribution in [2.75, 3.05) is 26.4 Å². The minimum absolute atomic E-state index is 0.0350. The van der Waals surface area contributed by atoms with E-state index in [-0.39, 0.29) is 13.0 Å². The molecule has 0 bridgehead atoms. The monoisotopic (exact) mass is 775 g/mol. The van der Waals surface area contributed by atoms with E-state index in [4.69, 9.17) is 23.6 Å². The minimum atomic E-state index is -4.53. The van der Waals surface area contributed by atoms with E-state index in [0.29, 0.717) is 6.42 Å². The average molecular weight is 775 g/mol. The number of allylic oxidation sites excluding steroid dienone is 3. The molecule has 10 heteroatoms. The number of phosphoric acid groups is 1. The Balaban J connectivity index is 4.20. The molecule has 314 valence electrons. The van der Waals surface area contributed by atoms with E-state index in [0.717, 1.165) is 44.9 Å². The largest absolute Gasteiger partial charge is 0.498 e. The van der Waals surface area contributed by atoms with Gasteiger partial charge in [-0.2, -0.15) is 0 Å². The van der Waals surface area contributed by atoms with Crippen LogP contribution in [0.25, 0.3) is 0 Å². The van der Waals surface area contributed by atoms with Gasteiger partial charge in [0, 0.05) is 6.42 Å². The second-order valence-corrected chi connectivity index (χ2v) is 16.2. The summed E-state index contributed by atoms with van der Waals surface area (Å²) in [6, 6.07) is 0. The molecule has 0 radical (unpaired) electrons. The Kier molecular flexibility index (Phi) is 39.5. The van der Waals surface area contributed by atoms with E-state index < -0.39 is 45.8 Å². The van der Waals surface area contributed by atoms with Crippen LogP contribution >= 0.6 is 7.82 Å². The number of carbonyl (C=O) groups is 1. The van der Waals surface area contributed by atoms with E-state index in [1.54, 1.807) is 6.26 Å². The van der Waals surface area contributed by atoms with Crippen molar-refractivity contribution >= 4 is 13.8 Å². The zero-order valence-electron chi connectivity index (χ0n) is 34.2. The molecule has 0 aromatic carbocycles. The number of hydrogen-bond donors (Lipinski definition) is 3. The lowest BCUT2D eigenvalue weighted by molar-refractivity contribution is -0.153. The first kappa shape index (κ1) is 51.8. The predicted molar refractivity (Wildman–Crippen MR) is 219 cm³/mol. The first-order valence-electron chi connectivity index (χ1n) is 21.9. The van der Waals surface area contributed by atoms with Crippen LogP contribution in [0.3, 0.4) is 0 Å². The SMILES string of the molecule is CCCCCCC/C=C\CCCCCCCC(=O)O[C@H](CO/C=C\CCCCCCCCCCCCCCCCCC)COP(=O)(O)OC[C@@H](O)CO. The number of esters is 1. The summed E-state index contributed by atoms with van der Waals surface area (Å²) < 4.78 is 33.1. The predicted octanol–water partition coefficient (Wildman–Crippen LogP) is 12.2. The summed E-state index contributed by atoms with van der Waals surface area (Å²) in [4.78, 5) is 22.5. The molecule has 0 aliphatic heterocycles. The van der Waals surface area contributed by atoms with E-state index >= 15 is 0 Å². The fourth-order valence-electron chi connectivity index (χ4n) is 6.08. The van der Waals surface area contributed by atoms with Gasteiger partial charge in [0.1, 0.15) is 12.7 Å². The van der Waals surface area contributed by atoms with E-state index in [1.807, 2.05) is 6.08 Å². The fourth-order valence-corrected chi connectivity index (χ4v) is 6.87. The van der Waals surface area contributed by atoms with Crippen molar-refractivity contribution in [2.24, 2.45) is 0 Å². The Labute approximate surface area is 325 Å². The molecule has 0 fully saturated rings. The topological polar surface area (TPSA) is 132 Å². The van der Waals surface area contributed by atoms with Gasteiger partial charge in [-0.15, -0.1) is 0 Å². The van der Waals surface area contributed by atoms with Crippen molar-refractivity contribution in [3.63, 3.8) is 0 Å². The molecule has 0 saturated heterocycles. The van der Waals surface area contributed by atoms with Crippen LogP contribution in [-0.4, -0.2) is 59.7 Å². The van der Waals surface area contributed by atoms with Crippen molar-refractivity contribution in [3.05, 3.63) is 24.5 Å². The van der Waals surface area contributed by atoms with Gasteiger partial charge in [0.25, 0.3) is 0 Å². The number of ether oxygens (including phenoxy) is 2. The molecule has 9 nitrogen and oxygen atoms in total. The van der Waals surface area contributed by atoms with Crippen LogP contribution in [0.15, 0.2) is 24.5 Å². The molecule has 53 heavy (non-hydrogen) atoms. The van der Waals surface area contributed by atoms with Crippen molar-refractivity contribution < 1.29 is 43.0 Å². The van der Waals surface area contributed by atoms with Crippen LogP contribution in [0.1, 0.15) is 206 Å². The maximum Gasteiger partial charge on any atom is 0.472 e. The van der Waals surface area contributed by atoms with Crippen LogP contribution in [0.2, 0.25) is 0 Å². The van der Waals surface area contributed by atoms with Gasteiger partial charge < -0.3 is 24.6 Å². The van der Waals surface area contributed by atoms with Crippen molar-refractivity contribution in [1.29, 1.82) is 0 Å². The van der Waals surface area contributed by atoms with Crippen molar-refractivity contribution in [1.82, 2.24) is 0 Å². The van der Waals surface area contributed by atoms with Crippen LogP contribution in [0, 0.1) is 0 Å². The summed E-state index contributed by atoms with van der Waals surface area (Å²) in [7, 11) is -4.53. The molecule has 0 rings (SSSR count). The van der Waals surface area contributed by atoms with Gasteiger partial charge in [0.2, 0.25) is 0 Å². The molecule has 0 aromatic heterocycles. The standard InChI is InChI=1S/C43H83O9P/c1-3-5-7-9-11-13-15-17-19-20-21-22-24-26-28-30-32-34-36-49-39-42(40-51-53(47,48)50-38-41(45)37-44)52-43(46)35-33-31-29-27-25-23-18-16-14-12-10-8-6-4-2/h16,18,34,36,41-42,44-45H,3-15,17,19-33,35,37-40H2,1-2H3,(H,47,48)/b18-16-,36-34-/t41-,42+/m0/s1. The summed E-state index contributed by atoms with van der Waals surface area (Å²) in [5.41, 5.74) is 0. The van der Waals surface area contributed by atoms with Gasteiger partial charge in [0.15, 0.2) is 6.10 Å². The first-order chi connectivity index (χ1) is 25.8. The average Bonchev–Trinajstić information content (AvgIpc) is 3.15. The molecular weight excluding hydrogens is 691 g/mol. The smallest absolute Gasteiger partial charge is 0.472 e. The number of rotatable bonds is 42. The lowest BCUT2D eigenvalue weighted by atomic mass is 10.0. The third kappa shape index (κ3) is 40.3. The van der Waals surface area contributed by atoms with Crippen LogP contribution in [-0.2, 0) is 27.9 Å². The number of carbonyl (C=O) groups excluding carboxylic acids is 1. The maximum absolute atomic E-state index is 12.6. The first-order valence-corrected chi connectivity index (χ1v) is 23.4. The number of aliphatic hydroxyl groups is 2. The highest BCUT2D eigenvalue weighted by molar-refractivity contribution is 7.47. The normalized spacial score (nSPS) is 14.2. The van der Waals surface area contributed by atoms with Gasteiger partial charge in [0.05, 0.1) is 26.1 Å². The van der Waals surface area contributed by atoms with Crippen molar-refractivity contribution in [2.45, 2.75) is 219 Å². The Morgan fingerprint density at radius 1 is 0.566 bits per heavy atom. The summed E-state index contributed by atoms with van der Waals surface area (Å²) in [6.07, 6.45) is 42.3. The molecule has 0 heterocycles. The lowest BCUT2D eigenvalue weighted by Crippen LogP contribution is -2.28. The van der Waals surface area contributed by atoms with Crippen LogP contribution < -0.4 is 0 Å². The number of hydrogen-bond acceptors (Lipinski definition) is 8. The third-order valence-corrected chi connectivity index (χ3v) is 10.4. The number of unbranched alkanes of at least 4 members (excludes halogenated alkanes) is 26. The quantitative estimate of drug-likeness (QED) is 0.0182. The third-order valence-electron chi connectivity index (χ3n) is 9.45. The molecule has 0 spiro atoms. The van der Waals surface area contributed by atoms with E-state index in [1.165, 1.54) is 135 Å². The summed E-state index contributed by atoms with van der Waals surface area (Å²) in [5, 5.41) is 18.3. The van der Waals surface area contributed by atoms with Crippen molar-refractivity contribution in [3.8, 4) is 0 Å². The number of phosphoric ester groups is 1. The van der Waals surface area contributed by atoms with Gasteiger partial charge in [-0.05, 0) is 51.0 Å². The fraction of sp³-hybridized carbons (Fsp3) is 0.884. The number of aliphatic hydroxyl groups excluding tert-OH is 2. The summed E-state index contributed by atoms with van der Waals surface area (Å²) in [5.74, 6) is -0.411. The molecule has 0 amide bonds. The van der Waals surface area contributed by atoms with Crippen LogP contribution in [0.4, 0.5) is 0 Å². The molecule has 3 atom stereocenters. The van der Waals surface area contributed by atoms with E-state index in [9.17, 15) is 19.4 Å². The molecule has 3 N–H and O–H groups in total. The molecule has 1 unspecified atom stereocenters. The molecular formula is C43H83O9P. The Morgan fingerprint density at radius 2 is 0.962 bits per heavy atom. The zero-order chi connectivity index (χ0) is 38.9.